The van der Waals surface area contributed by atoms with Crippen molar-refractivity contribution in [2.75, 3.05) is 18.9 Å². The first-order chi connectivity index (χ1) is 28.2. The van der Waals surface area contributed by atoms with Gasteiger partial charge in [-0.3, -0.25) is 37.2 Å². The monoisotopic (exact) mass is 878 g/mol. The number of phosphoric ester groups is 1. The molecule has 3 unspecified atom stereocenters. The first kappa shape index (κ1) is 41.3. The third-order valence-electron chi connectivity index (χ3n) is 9.62. The largest absolute Gasteiger partial charge is 0.472 e. The van der Waals surface area contributed by atoms with Crippen molar-refractivity contribution in [3.63, 3.8) is 0 Å². The molecule has 1 amide bonds. The van der Waals surface area contributed by atoms with Gasteiger partial charge in [-0.25, -0.2) is 37.7 Å². The normalized spacial score (nSPS) is 32.6. The summed E-state index contributed by atoms with van der Waals surface area (Å²) < 4.78 is 101. The number of imidazole rings is 1. The Labute approximate surface area is 337 Å². The smallest absolute Gasteiger partial charge is 0.423 e. The van der Waals surface area contributed by atoms with E-state index in [1.807, 2.05) is 6.92 Å². The van der Waals surface area contributed by atoms with Crippen LogP contribution in [0.15, 0.2) is 73.5 Å². The molecule has 0 spiro atoms. The highest BCUT2D eigenvalue weighted by atomic mass is 32.7. The van der Waals surface area contributed by atoms with Gasteiger partial charge >= 0.3 is 20.6 Å². The van der Waals surface area contributed by atoms with Crippen molar-refractivity contribution < 1.29 is 69.5 Å². The minimum absolute atomic E-state index is 0.0101. The summed E-state index contributed by atoms with van der Waals surface area (Å²) in [6.45, 7) is -4.52. The molecule has 3 N–H and O–H groups in total. The topological polar surface area (TPSA) is 243 Å². The number of nitrogens with two attached hydrogens (primary N) is 1. The van der Waals surface area contributed by atoms with Crippen molar-refractivity contribution in [1.29, 1.82) is 0 Å². The highest BCUT2D eigenvalue weighted by molar-refractivity contribution is 8.54. The highest BCUT2D eigenvalue weighted by Crippen LogP contribution is 2.64. The van der Waals surface area contributed by atoms with E-state index in [9.17, 15) is 28.4 Å². The standard InChI is InChI=1S/C35H34F2N6O13P2S/c1-18-2-6-20(7-3-18)35(46)52-22-8-4-19(5-9-22)15-59-58(49)51-13-23-26(36)30(34(53-23)42-11-10-21(44)12-25(42)45)55-57(47,48)50-14-24-29(56-58)27(37)33(54-24)43-17-41-28-31(38)39-16-40-32(28)43/h2-11,16-17,23-24,26-27,29-30,33-34H,12-15H2,1H3,(H,47,48)(H2,38,39,40)/t23-,24-,26-,27-,29-,30-,33?,34?,58+/m1/s1. The van der Waals surface area contributed by atoms with E-state index in [4.69, 9.17) is 38.0 Å². The van der Waals surface area contributed by atoms with Crippen LogP contribution >= 0.6 is 26.0 Å². The fourth-order valence-corrected chi connectivity index (χ4v) is 10.9. The Morgan fingerprint density at radius 1 is 0.949 bits per heavy atom. The maximum atomic E-state index is 16.7. The average Bonchev–Trinajstić information content (AvgIpc) is 3.86. The van der Waals surface area contributed by atoms with Gasteiger partial charge in [0.2, 0.25) is 5.91 Å². The van der Waals surface area contributed by atoms with Crippen molar-refractivity contribution in [2.45, 2.75) is 68.3 Å². The summed E-state index contributed by atoms with van der Waals surface area (Å²) in [7, 11) is -5.28. The van der Waals surface area contributed by atoms with Gasteiger partial charge in [0.05, 0.1) is 31.5 Å². The Morgan fingerprint density at radius 3 is 2.42 bits per heavy atom. The third kappa shape index (κ3) is 8.74. The van der Waals surface area contributed by atoms with E-state index in [1.54, 1.807) is 36.4 Å². The quantitative estimate of drug-likeness (QED) is 0.112. The summed E-state index contributed by atoms with van der Waals surface area (Å²) in [5.41, 5.74) is 7.93. The number of benzene rings is 2. The zero-order valence-electron chi connectivity index (χ0n) is 30.6. The number of aryl methyl sites for hydroxylation is 1. The number of hydrogen-bond acceptors (Lipinski definition) is 17. The molecule has 8 rings (SSSR count). The van der Waals surface area contributed by atoms with Crippen LogP contribution in [0.3, 0.4) is 0 Å². The number of phosphoric acid groups is 1. The molecule has 0 aliphatic carbocycles. The highest BCUT2D eigenvalue weighted by Gasteiger charge is 2.56. The van der Waals surface area contributed by atoms with E-state index < -0.39 is 101 Å². The number of nitrogen functional groups attached to an aromatic ring is 1. The molecule has 2 aromatic carbocycles. The van der Waals surface area contributed by atoms with E-state index in [2.05, 4.69) is 15.0 Å². The van der Waals surface area contributed by atoms with Gasteiger partial charge in [0, 0.05) is 12.0 Å². The van der Waals surface area contributed by atoms with Crippen molar-refractivity contribution in [3.8, 4) is 5.75 Å². The third-order valence-corrected chi connectivity index (χ3v) is 14.3. The molecule has 10 atom stereocenters. The van der Waals surface area contributed by atoms with E-state index in [1.165, 1.54) is 23.0 Å². The van der Waals surface area contributed by atoms with Crippen LogP contribution in [-0.4, -0.2) is 103 Å². The summed E-state index contributed by atoms with van der Waals surface area (Å²) in [5.74, 6) is -1.84. The number of hydrogen-bond donors (Lipinski definition) is 2. The lowest BCUT2D eigenvalue weighted by Gasteiger charge is -2.31. The molecule has 6 heterocycles. The molecule has 2 aromatic heterocycles. The Morgan fingerprint density at radius 2 is 1.68 bits per heavy atom. The zero-order valence-corrected chi connectivity index (χ0v) is 33.2. The molecule has 3 fully saturated rings. The number of carbonyl (C=O) groups is 3. The Kier molecular flexibility index (Phi) is 11.6. The number of rotatable bonds is 7. The van der Waals surface area contributed by atoms with E-state index in [-0.39, 0.29) is 28.5 Å². The number of esters is 1. The SMILES string of the molecule is Cc1ccc(C(=O)Oc2ccc(CS[P@@]3(=O)OC[C@H]4OC(N5C=CC(=O)CC5=O)[C@H](OP(=O)(O)OC[C@H]5OC(n6cnc7c(N)ncnc76)[C@H](F)[C@@H]5O3)[C@@H]4F)cc2)cc1. The molecule has 0 saturated carbocycles. The second kappa shape index (κ2) is 16.5. The van der Waals surface area contributed by atoms with Crippen molar-refractivity contribution in [2.24, 2.45) is 0 Å². The summed E-state index contributed by atoms with van der Waals surface area (Å²) in [6, 6.07) is 13.0. The van der Waals surface area contributed by atoms with Crippen LogP contribution in [-0.2, 0) is 52.0 Å². The molecular formula is C35H34F2N6O13P2S. The summed E-state index contributed by atoms with van der Waals surface area (Å²) in [6.07, 6.45) is -11.1. The minimum atomic E-state index is -5.28. The number of anilines is 1. The number of ketones is 1. The average molecular weight is 879 g/mol. The molecule has 3 saturated heterocycles. The molecule has 4 aliphatic heterocycles. The van der Waals surface area contributed by atoms with Gasteiger partial charge < -0.3 is 24.8 Å². The first-order valence-corrected chi connectivity index (χ1v) is 22.5. The number of aromatic nitrogens is 4. The fourth-order valence-electron chi connectivity index (χ4n) is 6.60. The van der Waals surface area contributed by atoms with Crippen LogP contribution in [0.25, 0.3) is 11.2 Å². The molecule has 24 heteroatoms. The molecule has 312 valence electrons. The molecule has 4 aromatic rings. The maximum absolute atomic E-state index is 16.7. The number of amides is 1. The van der Waals surface area contributed by atoms with Crippen LogP contribution < -0.4 is 10.5 Å². The lowest BCUT2D eigenvalue weighted by molar-refractivity contribution is -0.148. The van der Waals surface area contributed by atoms with Crippen LogP contribution in [0.5, 0.6) is 5.75 Å². The van der Waals surface area contributed by atoms with Gasteiger partial charge in [-0.15, -0.1) is 0 Å². The maximum Gasteiger partial charge on any atom is 0.472 e. The van der Waals surface area contributed by atoms with Gasteiger partial charge in [0.25, 0.3) is 0 Å². The van der Waals surface area contributed by atoms with Crippen LogP contribution in [0.1, 0.15) is 34.1 Å². The van der Waals surface area contributed by atoms with Gasteiger partial charge in [0.15, 0.2) is 42.0 Å². The predicted octanol–water partition coefficient (Wildman–Crippen LogP) is 4.51. The second-order valence-electron chi connectivity index (χ2n) is 13.7. The molecule has 2 bridgehead atoms. The molecule has 19 nitrogen and oxygen atoms in total. The number of halogens is 2. The van der Waals surface area contributed by atoms with Crippen LogP contribution in [0, 0.1) is 6.92 Å². The molecule has 4 aliphatic rings. The number of carbonyl (C=O) groups excluding carboxylic acids is 3. The second-order valence-corrected chi connectivity index (χ2v) is 19.1. The van der Waals surface area contributed by atoms with Crippen LogP contribution in [0.4, 0.5) is 14.6 Å². The molecule has 59 heavy (non-hydrogen) atoms. The summed E-state index contributed by atoms with van der Waals surface area (Å²) in [4.78, 5) is 61.1. The number of ether oxygens (including phenoxy) is 3. The van der Waals surface area contributed by atoms with Gasteiger partial charge in [-0.2, -0.15) is 0 Å². The van der Waals surface area contributed by atoms with Crippen molar-refractivity contribution in [1.82, 2.24) is 24.4 Å². The van der Waals surface area contributed by atoms with Crippen LogP contribution in [0.2, 0.25) is 0 Å². The number of alkyl halides is 2. The van der Waals surface area contributed by atoms with Gasteiger partial charge in [-0.1, -0.05) is 29.8 Å². The van der Waals surface area contributed by atoms with Gasteiger partial charge in [-0.05, 0) is 54.2 Å². The minimum Gasteiger partial charge on any atom is -0.423 e. The van der Waals surface area contributed by atoms with Crippen molar-refractivity contribution in [3.05, 3.63) is 90.2 Å². The van der Waals surface area contributed by atoms with E-state index in [0.717, 1.165) is 29.1 Å². The van der Waals surface area contributed by atoms with E-state index >= 15 is 8.78 Å². The Bertz CT molecular complexity index is 2390. The molecular weight excluding hydrogens is 844 g/mol. The number of nitrogens with zero attached hydrogens (tertiary/aromatic N) is 5. The number of allylic oxidation sites excluding steroid dienone is 1. The number of fused-ring (bicyclic) bond motifs is 4. The van der Waals surface area contributed by atoms with E-state index in [0.29, 0.717) is 22.5 Å². The Balaban J connectivity index is 1.07. The zero-order chi connectivity index (χ0) is 41.6. The lowest BCUT2D eigenvalue weighted by atomic mass is 10.1. The first-order valence-electron chi connectivity index (χ1n) is 17.8. The summed E-state index contributed by atoms with van der Waals surface area (Å²) in [5, 5.41) is 0. The Hall–Kier alpha value is -4.47. The predicted molar refractivity (Wildman–Crippen MR) is 201 cm³/mol. The van der Waals surface area contributed by atoms with Crippen molar-refractivity contribution >= 4 is 60.6 Å². The fraction of sp³-hybridized carbons (Fsp3) is 0.371. The van der Waals surface area contributed by atoms with Gasteiger partial charge in [0.1, 0.15) is 42.0 Å². The summed E-state index contributed by atoms with van der Waals surface area (Å²) >= 11 is 0.595. The molecule has 0 radical (unpaired) electrons. The lowest BCUT2D eigenvalue weighted by Crippen LogP contribution is -2.46.